The van der Waals surface area contributed by atoms with E-state index in [1.165, 1.54) is 32.1 Å². The highest BCUT2D eigenvalue weighted by molar-refractivity contribution is 9.09. The van der Waals surface area contributed by atoms with Gasteiger partial charge in [0.2, 0.25) is 0 Å². The van der Waals surface area contributed by atoms with Crippen molar-refractivity contribution in [3.63, 3.8) is 0 Å². The van der Waals surface area contributed by atoms with E-state index in [9.17, 15) is 0 Å². The van der Waals surface area contributed by atoms with E-state index in [-0.39, 0.29) is 0 Å². The smallest absolute Gasteiger partial charge is 0.132 e. The first kappa shape index (κ1) is 13.8. The molecule has 100 valence electrons. The van der Waals surface area contributed by atoms with Gasteiger partial charge in [-0.25, -0.2) is 9.97 Å². The third-order valence-electron chi connectivity index (χ3n) is 3.71. The Bertz CT molecular complexity index is 364. The molecule has 1 aliphatic rings. The molecule has 1 fully saturated rings. The summed E-state index contributed by atoms with van der Waals surface area (Å²) in [4.78, 5) is 11.2. The summed E-state index contributed by atoms with van der Waals surface area (Å²) >= 11 is 3.56. The van der Waals surface area contributed by atoms with Crippen molar-refractivity contribution in [2.45, 2.75) is 51.5 Å². The summed E-state index contributed by atoms with van der Waals surface area (Å²) in [6, 6.07) is 2.81. The third kappa shape index (κ3) is 3.44. The number of alkyl halides is 1. The lowest BCUT2D eigenvalue weighted by molar-refractivity contribution is 0.417. The summed E-state index contributed by atoms with van der Waals surface area (Å²) in [5, 5.41) is 0.995. The van der Waals surface area contributed by atoms with Crippen LogP contribution in [-0.2, 0) is 6.42 Å². The van der Waals surface area contributed by atoms with Gasteiger partial charge < -0.3 is 4.90 Å². The van der Waals surface area contributed by atoms with Crippen LogP contribution in [-0.4, -0.2) is 27.9 Å². The molecular weight excluding hydrogens is 290 g/mol. The van der Waals surface area contributed by atoms with Crippen molar-refractivity contribution in [3.05, 3.63) is 18.1 Å². The lowest BCUT2D eigenvalue weighted by Crippen LogP contribution is -2.38. The quantitative estimate of drug-likeness (QED) is 0.778. The van der Waals surface area contributed by atoms with E-state index in [1.807, 2.05) is 0 Å². The van der Waals surface area contributed by atoms with E-state index in [0.29, 0.717) is 6.04 Å². The largest absolute Gasteiger partial charge is 0.353 e. The molecule has 3 nitrogen and oxygen atoms in total. The fraction of sp³-hybridized carbons (Fsp3) is 0.714. The molecule has 0 saturated heterocycles. The molecule has 1 saturated carbocycles. The summed E-state index contributed by atoms with van der Waals surface area (Å²) in [5.74, 6) is 1.10. The molecule has 0 aliphatic heterocycles. The average molecular weight is 312 g/mol. The molecule has 1 heterocycles. The van der Waals surface area contributed by atoms with E-state index in [2.05, 4.69) is 43.8 Å². The van der Waals surface area contributed by atoms with Crippen LogP contribution in [0.3, 0.4) is 0 Å². The van der Waals surface area contributed by atoms with Crippen LogP contribution in [0.25, 0.3) is 0 Å². The van der Waals surface area contributed by atoms with Crippen molar-refractivity contribution in [1.29, 1.82) is 0 Å². The van der Waals surface area contributed by atoms with Gasteiger partial charge in [-0.1, -0.05) is 42.1 Å². The molecule has 0 radical (unpaired) electrons. The number of hydrogen-bond donors (Lipinski definition) is 0. The fourth-order valence-corrected chi connectivity index (χ4v) is 3.09. The van der Waals surface area contributed by atoms with E-state index in [0.717, 1.165) is 29.8 Å². The molecule has 1 aliphatic carbocycles. The number of halogens is 1. The van der Waals surface area contributed by atoms with Crippen LogP contribution in [0.15, 0.2) is 12.4 Å². The molecule has 1 aromatic rings. The van der Waals surface area contributed by atoms with Crippen LogP contribution in [0.4, 0.5) is 5.82 Å². The van der Waals surface area contributed by atoms with Gasteiger partial charge in [0.1, 0.15) is 12.1 Å². The second kappa shape index (κ2) is 7.07. The van der Waals surface area contributed by atoms with Crippen molar-refractivity contribution >= 4 is 21.7 Å². The fourth-order valence-electron chi connectivity index (χ4n) is 2.70. The lowest BCUT2D eigenvalue weighted by atomic mass is 9.94. The van der Waals surface area contributed by atoms with E-state index in [4.69, 9.17) is 0 Å². The zero-order valence-corrected chi connectivity index (χ0v) is 12.7. The Morgan fingerprint density at radius 1 is 1.28 bits per heavy atom. The van der Waals surface area contributed by atoms with Crippen molar-refractivity contribution in [2.75, 3.05) is 16.8 Å². The minimum atomic E-state index is 0.663. The monoisotopic (exact) mass is 311 g/mol. The van der Waals surface area contributed by atoms with Gasteiger partial charge in [0, 0.05) is 29.7 Å². The van der Waals surface area contributed by atoms with Gasteiger partial charge in [0.15, 0.2) is 0 Å². The Labute approximate surface area is 118 Å². The van der Waals surface area contributed by atoms with Gasteiger partial charge in [-0.15, -0.1) is 0 Å². The number of aromatic nitrogens is 2. The van der Waals surface area contributed by atoms with Crippen LogP contribution in [0.5, 0.6) is 0 Å². The summed E-state index contributed by atoms with van der Waals surface area (Å²) in [6.07, 6.45) is 9.39. The first-order valence-corrected chi connectivity index (χ1v) is 8.10. The highest BCUT2D eigenvalue weighted by atomic mass is 79.9. The van der Waals surface area contributed by atoms with Crippen LogP contribution in [0, 0.1) is 0 Å². The highest BCUT2D eigenvalue weighted by Crippen LogP contribution is 2.26. The van der Waals surface area contributed by atoms with Gasteiger partial charge in [-0.2, -0.15) is 0 Å². The van der Waals surface area contributed by atoms with Crippen LogP contribution >= 0.6 is 15.9 Å². The van der Waals surface area contributed by atoms with Crippen molar-refractivity contribution < 1.29 is 0 Å². The predicted octanol–water partition coefficient (Wildman–Crippen LogP) is 3.57. The number of rotatable bonds is 5. The number of aryl methyl sites for hydroxylation is 1. The standard InChI is InChI=1S/C14H22BrN3/c1-2-12-10-14(17-11-16-12)18(9-8-15)13-6-4-3-5-7-13/h10-11,13H,2-9H2,1H3. The second-order valence-electron chi connectivity index (χ2n) is 4.90. The van der Waals surface area contributed by atoms with Gasteiger partial charge in [-0.3, -0.25) is 0 Å². The van der Waals surface area contributed by atoms with E-state index in [1.54, 1.807) is 6.33 Å². The van der Waals surface area contributed by atoms with Crippen LogP contribution < -0.4 is 4.90 Å². The van der Waals surface area contributed by atoms with Gasteiger partial charge >= 0.3 is 0 Å². The summed E-state index contributed by atoms with van der Waals surface area (Å²) in [5.41, 5.74) is 1.13. The molecular formula is C14H22BrN3. The molecule has 2 rings (SSSR count). The third-order valence-corrected chi connectivity index (χ3v) is 4.06. The topological polar surface area (TPSA) is 29.0 Å². The Kier molecular flexibility index (Phi) is 5.42. The number of nitrogens with zero attached hydrogens (tertiary/aromatic N) is 3. The predicted molar refractivity (Wildman–Crippen MR) is 79.4 cm³/mol. The maximum atomic E-state index is 4.48. The summed E-state index contributed by atoms with van der Waals surface area (Å²) in [6.45, 7) is 3.17. The first-order valence-electron chi connectivity index (χ1n) is 6.98. The number of anilines is 1. The van der Waals surface area contributed by atoms with Crippen molar-refractivity contribution in [2.24, 2.45) is 0 Å². The van der Waals surface area contributed by atoms with E-state index >= 15 is 0 Å². The minimum absolute atomic E-state index is 0.663. The normalized spacial score (nSPS) is 16.8. The molecule has 0 atom stereocenters. The summed E-state index contributed by atoms with van der Waals surface area (Å²) in [7, 11) is 0. The Hall–Kier alpha value is -0.640. The maximum Gasteiger partial charge on any atom is 0.132 e. The molecule has 0 spiro atoms. The van der Waals surface area contributed by atoms with Gasteiger partial charge in [0.05, 0.1) is 0 Å². The minimum Gasteiger partial charge on any atom is -0.353 e. The van der Waals surface area contributed by atoms with E-state index < -0.39 is 0 Å². The molecule has 4 heteroatoms. The summed E-state index contributed by atoms with van der Waals surface area (Å²) < 4.78 is 0. The first-order chi connectivity index (χ1) is 8.85. The van der Waals surface area contributed by atoms with Crippen molar-refractivity contribution in [3.8, 4) is 0 Å². The molecule has 0 amide bonds. The van der Waals surface area contributed by atoms with Crippen molar-refractivity contribution in [1.82, 2.24) is 9.97 Å². The highest BCUT2D eigenvalue weighted by Gasteiger charge is 2.22. The van der Waals surface area contributed by atoms with Gasteiger partial charge in [-0.05, 0) is 19.3 Å². The molecule has 0 N–H and O–H groups in total. The molecule has 0 aromatic carbocycles. The molecule has 18 heavy (non-hydrogen) atoms. The Morgan fingerprint density at radius 2 is 2.06 bits per heavy atom. The lowest BCUT2D eigenvalue weighted by Gasteiger charge is -2.35. The molecule has 0 unspecified atom stereocenters. The second-order valence-corrected chi connectivity index (χ2v) is 5.69. The Balaban J connectivity index is 2.16. The molecule has 0 bridgehead atoms. The maximum absolute atomic E-state index is 4.48. The zero-order chi connectivity index (χ0) is 12.8. The van der Waals surface area contributed by atoms with Crippen LogP contribution in [0.2, 0.25) is 0 Å². The van der Waals surface area contributed by atoms with Crippen LogP contribution in [0.1, 0.15) is 44.7 Å². The van der Waals surface area contributed by atoms with Gasteiger partial charge in [0.25, 0.3) is 0 Å². The zero-order valence-electron chi connectivity index (χ0n) is 11.1. The SMILES string of the molecule is CCc1cc(N(CCBr)C2CCCCC2)ncn1. The average Bonchev–Trinajstić information content (AvgIpc) is 2.46. The molecule has 1 aromatic heterocycles. The number of hydrogen-bond acceptors (Lipinski definition) is 3. The Morgan fingerprint density at radius 3 is 2.72 bits per heavy atom.